The van der Waals surface area contributed by atoms with Crippen molar-refractivity contribution in [3.05, 3.63) is 65.7 Å². The molecule has 2 aromatic rings. The summed E-state index contributed by atoms with van der Waals surface area (Å²) >= 11 is 7.58. The van der Waals surface area contributed by atoms with Gasteiger partial charge in [0.1, 0.15) is 23.9 Å². The zero-order valence-electron chi connectivity index (χ0n) is 34.1. The molecule has 0 aromatic heterocycles. The first-order valence-corrected chi connectivity index (χ1v) is 22.6. The number of thioether (sulfide) groups is 1. The highest BCUT2D eigenvalue weighted by Crippen LogP contribution is 2.33. The number of amides is 7. The molecule has 7 N–H and O–H groups in total. The SMILES string of the molecule is C[C@H](NC(=O)[C@H](Cc1ccccc1)NC(=O)[C@H](Cc1ccc(O)cc1)NC(=O)[C@@H]1CCCN1C(=O)CCCCCNC(=O)CCCC[C@@H]1SC[C@@H]2NC(=O)N[C@@H]21)C(=O)CCl. The minimum Gasteiger partial charge on any atom is -0.508 e. The second kappa shape index (κ2) is 23.2. The molecule has 0 saturated carbocycles. The van der Waals surface area contributed by atoms with Crippen molar-refractivity contribution in [3.8, 4) is 5.75 Å². The molecule has 3 saturated heterocycles. The Balaban J connectivity index is 1.09. The van der Waals surface area contributed by atoms with Crippen molar-refractivity contribution >= 4 is 64.7 Å². The number of nitrogens with one attached hydrogen (secondary N) is 6. The predicted octanol–water partition coefficient (Wildman–Crippen LogP) is 2.85. The molecule has 0 spiro atoms. The van der Waals surface area contributed by atoms with Crippen LogP contribution < -0.4 is 31.9 Å². The molecule has 15 nitrogen and oxygen atoms in total. The van der Waals surface area contributed by atoms with Gasteiger partial charge in [0.15, 0.2) is 5.78 Å². The van der Waals surface area contributed by atoms with E-state index in [0.717, 1.165) is 43.4 Å². The van der Waals surface area contributed by atoms with E-state index in [0.29, 0.717) is 49.6 Å². The van der Waals surface area contributed by atoms with Crippen LogP contribution in [0.4, 0.5) is 4.79 Å². The molecule has 3 fully saturated rings. The molecule has 17 heteroatoms. The Morgan fingerprint density at radius 1 is 0.850 bits per heavy atom. The number of hydrogen-bond acceptors (Lipinski definition) is 9. The van der Waals surface area contributed by atoms with Gasteiger partial charge in [-0.25, -0.2) is 4.79 Å². The maximum Gasteiger partial charge on any atom is 0.315 e. The summed E-state index contributed by atoms with van der Waals surface area (Å²) < 4.78 is 0. The van der Waals surface area contributed by atoms with Crippen molar-refractivity contribution in [1.29, 1.82) is 0 Å². The Labute approximate surface area is 360 Å². The molecule has 0 unspecified atom stereocenters. The number of unbranched alkanes of at least 4 members (excludes halogenated alkanes) is 3. The summed E-state index contributed by atoms with van der Waals surface area (Å²) in [6.07, 6.45) is 6.59. The zero-order valence-corrected chi connectivity index (χ0v) is 35.7. The monoisotopic (exact) mass is 867 g/mol. The number of ketones is 1. The molecule has 60 heavy (non-hydrogen) atoms. The summed E-state index contributed by atoms with van der Waals surface area (Å²) in [4.78, 5) is 92.5. The van der Waals surface area contributed by atoms with Crippen molar-refractivity contribution in [2.45, 2.75) is 125 Å². The van der Waals surface area contributed by atoms with Gasteiger partial charge in [-0.3, -0.25) is 28.8 Å². The van der Waals surface area contributed by atoms with Crippen LogP contribution in [-0.4, -0.2) is 118 Å². The highest BCUT2D eigenvalue weighted by atomic mass is 35.5. The van der Waals surface area contributed by atoms with E-state index in [1.54, 1.807) is 29.2 Å². The van der Waals surface area contributed by atoms with Crippen molar-refractivity contribution in [2.75, 3.05) is 24.7 Å². The fraction of sp³-hybridized carbons (Fsp3) is 0.558. The summed E-state index contributed by atoms with van der Waals surface area (Å²) in [5, 5.41) is 27.4. The number of carbonyl (C=O) groups excluding carboxylic acids is 7. The van der Waals surface area contributed by atoms with Crippen LogP contribution in [0.25, 0.3) is 0 Å². The van der Waals surface area contributed by atoms with Gasteiger partial charge in [0.25, 0.3) is 0 Å². The number of benzene rings is 2. The van der Waals surface area contributed by atoms with Crippen LogP contribution in [0.2, 0.25) is 0 Å². The quantitative estimate of drug-likeness (QED) is 0.0496. The summed E-state index contributed by atoms with van der Waals surface area (Å²) in [7, 11) is 0. The lowest BCUT2D eigenvalue weighted by Crippen LogP contribution is -2.58. The molecule has 2 aromatic carbocycles. The number of rotatable bonds is 23. The van der Waals surface area contributed by atoms with Gasteiger partial charge in [0.2, 0.25) is 29.5 Å². The smallest absolute Gasteiger partial charge is 0.315 e. The van der Waals surface area contributed by atoms with Crippen molar-refractivity contribution in [2.24, 2.45) is 0 Å². The summed E-state index contributed by atoms with van der Waals surface area (Å²) in [6, 6.07) is 11.6. The Hall–Kier alpha value is -4.83. The topological polar surface area (TPSA) is 215 Å². The van der Waals surface area contributed by atoms with E-state index in [1.807, 2.05) is 30.0 Å². The number of halogens is 1. The molecule has 7 amide bonds. The Morgan fingerprint density at radius 3 is 2.27 bits per heavy atom. The molecule has 3 aliphatic heterocycles. The third-order valence-electron chi connectivity index (χ3n) is 11.2. The van der Waals surface area contributed by atoms with E-state index in [9.17, 15) is 38.7 Å². The lowest BCUT2D eigenvalue weighted by Gasteiger charge is -2.28. The number of likely N-dealkylation sites (tertiary alicyclic amines) is 1. The van der Waals surface area contributed by atoms with Gasteiger partial charge in [-0.1, -0.05) is 55.3 Å². The van der Waals surface area contributed by atoms with E-state index in [1.165, 1.54) is 19.1 Å². The number of alkyl halides is 1. The van der Waals surface area contributed by atoms with Gasteiger partial charge in [-0.05, 0) is 68.7 Å². The second-order valence-corrected chi connectivity index (χ2v) is 17.3. The fourth-order valence-corrected chi connectivity index (χ4v) is 9.61. The van der Waals surface area contributed by atoms with Gasteiger partial charge in [0, 0.05) is 49.8 Å². The summed E-state index contributed by atoms with van der Waals surface area (Å²) in [6.45, 7) is 2.44. The largest absolute Gasteiger partial charge is 0.508 e. The Bertz CT molecular complexity index is 1800. The van der Waals surface area contributed by atoms with E-state index < -0.39 is 41.9 Å². The zero-order chi connectivity index (χ0) is 43.0. The maximum atomic E-state index is 14.0. The van der Waals surface area contributed by atoms with Gasteiger partial charge < -0.3 is 41.9 Å². The lowest BCUT2D eigenvalue weighted by atomic mass is 10.0. The third-order valence-corrected chi connectivity index (χ3v) is 13.0. The highest BCUT2D eigenvalue weighted by Gasteiger charge is 2.42. The van der Waals surface area contributed by atoms with Gasteiger partial charge >= 0.3 is 6.03 Å². The van der Waals surface area contributed by atoms with Crippen LogP contribution in [0.5, 0.6) is 5.75 Å². The molecule has 3 heterocycles. The molecular weight excluding hydrogens is 810 g/mol. The number of phenolic OH excluding ortho intramolecular Hbond substituents is 1. The third kappa shape index (κ3) is 13.9. The van der Waals surface area contributed by atoms with Gasteiger partial charge in [0.05, 0.1) is 24.0 Å². The molecule has 326 valence electrons. The molecule has 0 aliphatic carbocycles. The van der Waals surface area contributed by atoms with Crippen molar-refractivity contribution in [1.82, 2.24) is 36.8 Å². The summed E-state index contributed by atoms with van der Waals surface area (Å²) in [5.41, 5.74) is 1.41. The molecule has 7 atom stereocenters. The number of Topliss-reactive ketones (excluding diaryl/α,β-unsaturated/α-hetero) is 1. The minimum atomic E-state index is -1.14. The fourth-order valence-electron chi connectivity index (χ4n) is 7.84. The molecule has 0 bridgehead atoms. The normalized spacial score (nSPS) is 20.8. The van der Waals surface area contributed by atoms with Crippen LogP contribution in [0.1, 0.15) is 82.3 Å². The Kier molecular flexibility index (Phi) is 17.9. The predicted molar refractivity (Wildman–Crippen MR) is 229 cm³/mol. The number of carbonyl (C=O) groups is 7. The minimum absolute atomic E-state index is 0.00511. The van der Waals surface area contributed by atoms with Crippen LogP contribution in [0.15, 0.2) is 54.6 Å². The van der Waals surface area contributed by atoms with E-state index in [2.05, 4.69) is 31.9 Å². The van der Waals surface area contributed by atoms with E-state index in [-0.39, 0.29) is 66.6 Å². The average Bonchev–Trinajstić information content (AvgIpc) is 3.98. The lowest BCUT2D eigenvalue weighted by molar-refractivity contribution is -0.139. The molecule has 5 rings (SSSR count). The number of phenols is 1. The maximum absolute atomic E-state index is 14.0. The number of fused-ring (bicyclic) bond motifs is 1. The first kappa shape index (κ1) is 46.2. The van der Waals surface area contributed by atoms with E-state index in [4.69, 9.17) is 11.6 Å². The van der Waals surface area contributed by atoms with Crippen LogP contribution in [0, 0.1) is 0 Å². The Morgan fingerprint density at radius 2 is 1.53 bits per heavy atom. The first-order chi connectivity index (χ1) is 28.9. The standard InChI is InChI=1S/C43H58ClN7O8S/c1-27(35(53)25-44)46-40(56)31(23-28-11-4-2-5-12-28)47-41(57)32(24-29-17-19-30(52)20-18-29)48-42(58)34-13-10-22-51(34)38(55)16-6-3-9-21-45-37(54)15-8-7-14-36-39-33(26-60-36)49-43(59)50-39/h2,4-5,11-12,17-20,27,31-34,36,39,52H,3,6-10,13-16,21-26H2,1H3,(H,45,54)(H,46,56)(H,47,57)(H,48,58)(H2,49,50,59)/t27-,31-,32-,33-,34-,36-,39-/m0/s1. The average molecular weight is 868 g/mol. The molecule has 0 radical (unpaired) electrons. The molecule has 3 aliphatic rings. The summed E-state index contributed by atoms with van der Waals surface area (Å²) in [5.74, 6) is -1.58. The number of hydrogen-bond donors (Lipinski definition) is 7. The van der Waals surface area contributed by atoms with E-state index >= 15 is 0 Å². The number of nitrogens with zero attached hydrogens (tertiary/aromatic N) is 1. The van der Waals surface area contributed by atoms with Gasteiger partial charge in [-0.2, -0.15) is 11.8 Å². The molecular formula is C43H58ClN7O8S. The van der Waals surface area contributed by atoms with Crippen molar-refractivity contribution in [3.63, 3.8) is 0 Å². The number of urea groups is 1. The first-order valence-electron chi connectivity index (χ1n) is 21.0. The van der Waals surface area contributed by atoms with Crippen LogP contribution >= 0.6 is 23.4 Å². The van der Waals surface area contributed by atoms with Gasteiger partial charge in [-0.15, -0.1) is 11.6 Å². The highest BCUT2D eigenvalue weighted by molar-refractivity contribution is 8.00. The van der Waals surface area contributed by atoms with Crippen LogP contribution in [-0.2, 0) is 41.6 Å². The number of aromatic hydroxyl groups is 1. The van der Waals surface area contributed by atoms with Crippen LogP contribution in [0.3, 0.4) is 0 Å². The van der Waals surface area contributed by atoms with Crippen molar-refractivity contribution < 1.29 is 38.7 Å². The second-order valence-electron chi connectivity index (χ2n) is 15.8.